The Balaban J connectivity index is 0.00000272. The van der Waals surface area contributed by atoms with E-state index in [2.05, 4.69) is 32.7 Å². The fourth-order valence-corrected chi connectivity index (χ4v) is 5.66. The molecule has 0 radical (unpaired) electrons. The summed E-state index contributed by atoms with van der Waals surface area (Å²) < 4.78 is 0. The average Bonchev–Trinajstić information content (AvgIpc) is 3.34. The number of allylic oxidation sites excluding steroid dienone is 2. The first kappa shape index (κ1) is 24.5. The van der Waals surface area contributed by atoms with Crippen LogP contribution < -0.4 is 10.6 Å². The first-order valence-electron chi connectivity index (χ1n) is 12.0. The van der Waals surface area contributed by atoms with Crippen molar-refractivity contribution in [2.75, 3.05) is 45.8 Å². The number of likely N-dealkylation sites (tertiary alicyclic amines) is 2. The predicted octanol–water partition coefficient (Wildman–Crippen LogP) is 2.23. The summed E-state index contributed by atoms with van der Waals surface area (Å²) in [5, 5.41) is 6.57. The van der Waals surface area contributed by atoms with Crippen molar-refractivity contribution in [3.63, 3.8) is 0 Å². The number of carbonyl (C=O) groups is 2. The molecule has 0 aromatic heterocycles. The molecule has 2 aliphatic carbocycles. The van der Waals surface area contributed by atoms with Gasteiger partial charge >= 0.3 is 0 Å². The summed E-state index contributed by atoms with van der Waals surface area (Å²) >= 11 is 0. The maximum atomic E-state index is 12.8. The largest absolute Gasteiger partial charge is 0.357 e. The van der Waals surface area contributed by atoms with Gasteiger partial charge < -0.3 is 15.5 Å². The van der Waals surface area contributed by atoms with Gasteiger partial charge in [-0.3, -0.25) is 19.5 Å². The zero-order valence-corrected chi connectivity index (χ0v) is 21.1. The van der Waals surface area contributed by atoms with Crippen LogP contribution in [-0.4, -0.2) is 73.4 Å². The molecule has 2 aliphatic heterocycles. The highest BCUT2D eigenvalue weighted by molar-refractivity contribution is 14.0. The maximum absolute atomic E-state index is 12.8. The molecule has 8 heteroatoms. The van der Waals surface area contributed by atoms with Gasteiger partial charge in [-0.05, 0) is 64.1 Å². The second-order valence-corrected chi connectivity index (χ2v) is 9.12. The van der Waals surface area contributed by atoms with Gasteiger partial charge in [0.15, 0.2) is 5.96 Å². The van der Waals surface area contributed by atoms with Gasteiger partial charge in [-0.25, -0.2) is 0 Å². The number of halogens is 1. The molecule has 7 nitrogen and oxygen atoms in total. The number of nitrogens with zero attached hydrogens (tertiary/aromatic N) is 3. The van der Waals surface area contributed by atoms with Crippen LogP contribution in [-0.2, 0) is 9.59 Å². The van der Waals surface area contributed by atoms with E-state index >= 15 is 0 Å². The Morgan fingerprint density at radius 1 is 1.00 bits per heavy atom. The monoisotopic (exact) mass is 543 g/mol. The highest BCUT2D eigenvalue weighted by atomic mass is 127. The number of guanidine groups is 1. The Labute approximate surface area is 203 Å². The van der Waals surface area contributed by atoms with Crippen molar-refractivity contribution in [1.29, 1.82) is 0 Å². The number of hydrogen-bond donors (Lipinski definition) is 2. The smallest absolute Gasteiger partial charge is 0.233 e. The van der Waals surface area contributed by atoms with Gasteiger partial charge in [0.05, 0.1) is 11.8 Å². The molecule has 3 fully saturated rings. The van der Waals surface area contributed by atoms with E-state index in [4.69, 9.17) is 0 Å². The lowest BCUT2D eigenvalue weighted by Gasteiger charge is -2.19. The number of rotatable bonds is 8. The Hall–Kier alpha value is -1.16. The number of imide groups is 1. The zero-order chi connectivity index (χ0) is 20.9. The van der Waals surface area contributed by atoms with Crippen molar-refractivity contribution in [1.82, 2.24) is 20.4 Å². The Morgan fingerprint density at radius 3 is 2.26 bits per heavy atom. The minimum Gasteiger partial charge on any atom is -0.357 e. The topological polar surface area (TPSA) is 77.0 Å². The molecule has 2 amide bonds. The van der Waals surface area contributed by atoms with E-state index in [1.165, 1.54) is 43.7 Å². The molecule has 2 saturated heterocycles. The molecule has 0 aromatic carbocycles. The summed E-state index contributed by atoms with van der Waals surface area (Å²) in [7, 11) is 0. The molecule has 0 spiro atoms. The van der Waals surface area contributed by atoms with Crippen LogP contribution in [0.4, 0.5) is 0 Å². The summed E-state index contributed by atoms with van der Waals surface area (Å²) in [5.74, 6) is 1.18. The third kappa shape index (κ3) is 5.61. The highest BCUT2D eigenvalue weighted by Gasteiger charge is 2.58. The van der Waals surface area contributed by atoms with Gasteiger partial charge in [-0.2, -0.15) is 0 Å². The predicted molar refractivity (Wildman–Crippen MR) is 133 cm³/mol. The standard InChI is InChI=1S/C23H37N5O2.HI/c1-2-24-23(25-10-7-14-27-12-5-3-4-6-13-27)26-11-15-28-21(29)19-17-8-9-18(16-17)20(19)22(28)30;/h8-9,17-20H,2-7,10-16H2,1H3,(H2,24,25,26);1H. The van der Waals surface area contributed by atoms with Gasteiger partial charge in [0.25, 0.3) is 0 Å². The van der Waals surface area contributed by atoms with Crippen LogP contribution in [0.1, 0.15) is 45.4 Å². The molecule has 4 atom stereocenters. The van der Waals surface area contributed by atoms with E-state index in [1.807, 2.05) is 6.92 Å². The van der Waals surface area contributed by atoms with E-state index in [0.29, 0.717) is 13.1 Å². The van der Waals surface area contributed by atoms with E-state index in [9.17, 15) is 9.59 Å². The SMILES string of the molecule is CCNC(=NCCCN1CCCCCC1)NCCN1C(=O)C2C3C=CC(C3)C2C1=O.I. The van der Waals surface area contributed by atoms with Crippen molar-refractivity contribution in [3.8, 4) is 0 Å². The van der Waals surface area contributed by atoms with Crippen molar-refractivity contribution >= 4 is 41.8 Å². The summed E-state index contributed by atoms with van der Waals surface area (Å²) in [6, 6.07) is 0. The third-order valence-electron chi connectivity index (χ3n) is 7.13. The van der Waals surface area contributed by atoms with Crippen LogP contribution in [0.3, 0.4) is 0 Å². The van der Waals surface area contributed by atoms with Crippen LogP contribution in [0.2, 0.25) is 0 Å². The minimum atomic E-state index is -0.103. The molecular formula is C23H38IN5O2. The highest BCUT2D eigenvalue weighted by Crippen LogP contribution is 2.52. The lowest BCUT2D eigenvalue weighted by molar-refractivity contribution is -0.140. The van der Waals surface area contributed by atoms with Crippen LogP contribution >= 0.6 is 24.0 Å². The number of fused-ring (bicyclic) bond motifs is 5. The van der Waals surface area contributed by atoms with Gasteiger partial charge in [0.2, 0.25) is 11.8 Å². The molecule has 4 rings (SSSR count). The fraction of sp³-hybridized carbons (Fsp3) is 0.783. The molecule has 31 heavy (non-hydrogen) atoms. The van der Waals surface area contributed by atoms with Gasteiger partial charge in [0, 0.05) is 26.2 Å². The summed E-state index contributed by atoms with van der Waals surface area (Å²) in [4.78, 5) is 34.3. The molecule has 4 aliphatic rings. The van der Waals surface area contributed by atoms with Crippen molar-refractivity contribution in [3.05, 3.63) is 12.2 Å². The molecule has 0 aromatic rings. The van der Waals surface area contributed by atoms with Crippen LogP contribution in [0.5, 0.6) is 0 Å². The van der Waals surface area contributed by atoms with Gasteiger partial charge in [-0.1, -0.05) is 25.0 Å². The first-order valence-corrected chi connectivity index (χ1v) is 12.0. The Morgan fingerprint density at radius 2 is 1.65 bits per heavy atom. The normalized spacial score (nSPS) is 30.4. The quantitative estimate of drug-likeness (QED) is 0.123. The van der Waals surface area contributed by atoms with Gasteiger partial charge in [-0.15, -0.1) is 24.0 Å². The molecule has 4 unspecified atom stereocenters. The zero-order valence-electron chi connectivity index (χ0n) is 18.7. The van der Waals surface area contributed by atoms with Crippen molar-refractivity contribution in [2.45, 2.75) is 45.4 Å². The number of nitrogens with one attached hydrogen (secondary N) is 2. The minimum absolute atomic E-state index is 0. The number of amides is 2. The molecule has 1 saturated carbocycles. The van der Waals surface area contributed by atoms with Crippen molar-refractivity contribution < 1.29 is 9.59 Å². The second kappa shape index (κ2) is 11.6. The summed E-state index contributed by atoms with van der Waals surface area (Å²) in [5.41, 5.74) is 0. The summed E-state index contributed by atoms with van der Waals surface area (Å²) in [6.45, 7) is 8.13. The molecule has 2 bridgehead atoms. The molecule has 2 N–H and O–H groups in total. The van der Waals surface area contributed by atoms with Crippen molar-refractivity contribution in [2.24, 2.45) is 28.7 Å². The van der Waals surface area contributed by atoms with E-state index in [1.54, 1.807) is 0 Å². The molecule has 2 heterocycles. The van der Waals surface area contributed by atoms with Gasteiger partial charge in [0.1, 0.15) is 0 Å². The Bertz CT molecular complexity index is 659. The lowest BCUT2D eigenvalue weighted by Crippen LogP contribution is -2.43. The number of aliphatic imine (C=N–C) groups is 1. The lowest BCUT2D eigenvalue weighted by atomic mass is 9.85. The fourth-order valence-electron chi connectivity index (χ4n) is 5.66. The first-order chi connectivity index (χ1) is 14.7. The van der Waals surface area contributed by atoms with Crippen LogP contribution in [0, 0.1) is 23.7 Å². The number of carbonyl (C=O) groups excluding carboxylic acids is 2. The average molecular weight is 543 g/mol. The van der Waals surface area contributed by atoms with E-state index < -0.39 is 0 Å². The van der Waals surface area contributed by atoms with Crippen LogP contribution in [0.15, 0.2) is 17.1 Å². The molecule has 174 valence electrons. The number of hydrogen-bond acceptors (Lipinski definition) is 4. The van der Waals surface area contributed by atoms with E-state index in [0.717, 1.165) is 38.4 Å². The maximum Gasteiger partial charge on any atom is 0.233 e. The van der Waals surface area contributed by atoms with E-state index in [-0.39, 0.29) is 59.5 Å². The Kier molecular flexibility index (Phi) is 9.18. The van der Waals surface area contributed by atoms with Crippen LogP contribution in [0.25, 0.3) is 0 Å². The summed E-state index contributed by atoms with van der Waals surface area (Å²) in [6.07, 6.45) is 11.7. The third-order valence-corrected chi connectivity index (χ3v) is 7.13. The second-order valence-electron chi connectivity index (χ2n) is 9.12. The molecular weight excluding hydrogens is 505 g/mol.